The standard InChI is InChI=1S/C31H34F2N2O2S/c1-3-14-38-29-11-6-5-10-26(29)30(37)35-27(18-22-16-24(32)19-25(33)17-22)28(36)20-34-31(12-13-31)23-9-7-8-21(4-2)15-23/h3,5-11,15-17,19,27-28,34,36H,1,4,12-14,18,20H2,2H3,(H,35,37)/t27-,28+/m0/s1. The molecule has 0 heterocycles. The molecular formula is C31H34F2N2O2S. The minimum atomic E-state index is -0.995. The van der Waals surface area contributed by atoms with E-state index in [0.717, 1.165) is 30.2 Å². The molecule has 3 aromatic carbocycles. The number of halogens is 2. The lowest BCUT2D eigenvalue weighted by molar-refractivity contribution is 0.0819. The number of carbonyl (C=O) groups is 1. The summed E-state index contributed by atoms with van der Waals surface area (Å²) >= 11 is 1.49. The number of carbonyl (C=O) groups excluding carboxylic acids is 1. The van der Waals surface area contributed by atoms with Crippen molar-refractivity contribution < 1.29 is 18.7 Å². The fourth-order valence-electron chi connectivity index (χ4n) is 4.66. The Morgan fingerprint density at radius 1 is 1.08 bits per heavy atom. The molecule has 1 fully saturated rings. The first-order valence-electron chi connectivity index (χ1n) is 12.9. The van der Waals surface area contributed by atoms with E-state index in [9.17, 15) is 18.7 Å². The van der Waals surface area contributed by atoms with Crippen LogP contribution >= 0.6 is 11.8 Å². The van der Waals surface area contributed by atoms with E-state index in [0.29, 0.717) is 16.9 Å². The van der Waals surface area contributed by atoms with Gasteiger partial charge >= 0.3 is 0 Å². The quantitative estimate of drug-likeness (QED) is 0.191. The summed E-state index contributed by atoms with van der Waals surface area (Å²) in [7, 11) is 0. The smallest absolute Gasteiger partial charge is 0.252 e. The number of hydrogen-bond acceptors (Lipinski definition) is 4. The van der Waals surface area contributed by atoms with Crippen molar-refractivity contribution in [2.45, 2.75) is 55.2 Å². The predicted molar refractivity (Wildman–Crippen MR) is 149 cm³/mol. The maximum atomic E-state index is 13.9. The van der Waals surface area contributed by atoms with Gasteiger partial charge in [0.2, 0.25) is 0 Å². The number of benzene rings is 3. The topological polar surface area (TPSA) is 61.4 Å². The van der Waals surface area contributed by atoms with Crippen LogP contribution in [0.3, 0.4) is 0 Å². The second-order valence-electron chi connectivity index (χ2n) is 9.74. The molecule has 4 nitrogen and oxygen atoms in total. The molecule has 200 valence electrons. The second kappa shape index (κ2) is 12.7. The van der Waals surface area contributed by atoms with Crippen LogP contribution < -0.4 is 10.6 Å². The zero-order valence-corrected chi connectivity index (χ0v) is 22.4. The molecule has 38 heavy (non-hydrogen) atoms. The summed E-state index contributed by atoms with van der Waals surface area (Å²) in [5.74, 6) is -1.10. The Hall–Kier alpha value is -3.00. The number of rotatable bonds is 13. The SMILES string of the molecule is C=CCSc1ccccc1C(=O)N[C@@H](Cc1cc(F)cc(F)c1)[C@H](O)CNC1(c2cccc(CC)c2)CC1. The van der Waals surface area contributed by atoms with Gasteiger partial charge in [0.15, 0.2) is 0 Å². The van der Waals surface area contributed by atoms with Crippen molar-refractivity contribution in [2.75, 3.05) is 12.3 Å². The van der Waals surface area contributed by atoms with Gasteiger partial charge in [-0.05, 0) is 66.6 Å². The number of amides is 1. The van der Waals surface area contributed by atoms with E-state index < -0.39 is 23.8 Å². The predicted octanol–water partition coefficient (Wildman–Crippen LogP) is 5.79. The molecule has 1 aliphatic carbocycles. The molecule has 0 aliphatic heterocycles. The average Bonchev–Trinajstić information content (AvgIpc) is 3.71. The van der Waals surface area contributed by atoms with E-state index in [2.05, 4.69) is 48.4 Å². The Morgan fingerprint density at radius 2 is 1.82 bits per heavy atom. The lowest BCUT2D eigenvalue weighted by Crippen LogP contribution is -2.50. The Bertz CT molecular complexity index is 1260. The maximum Gasteiger partial charge on any atom is 0.252 e. The fourth-order valence-corrected chi connectivity index (χ4v) is 5.45. The van der Waals surface area contributed by atoms with Crippen LogP contribution in [0.25, 0.3) is 0 Å². The molecule has 3 aromatic rings. The summed E-state index contributed by atoms with van der Waals surface area (Å²) in [6.07, 6.45) is 3.69. The summed E-state index contributed by atoms with van der Waals surface area (Å²) in [4.78, 5) is 14.1. The van der Waals surface area contributed by atoms with Gasteiger partial charge in [0.05, 0.1) is 17.7 Å². The van der Waals surface area contributed by atoms with Crippen molar-refractivity contribution >= 4 is 17.7 Å². The highest BCUT2D eigenvalue weighted by Crippen LogP contribution is 2.45. The first-order chi connectivity index (χ1) is 18.3. The van der Waals surface area contributed by atoms with Gasteiger partial charge < -0.3 is 15.7 Å². The molecule has 0 bridgehead atoms. The van der Waals surface area contributed by atoms with Crippen LogP contribution in [0.2, 0.25) is 0 Å². The number of thioether (sulfide) groups is 1. The van der Waals surface area contributed by atoms with Crippen LogP contribution in [0.15, 0.2) is 84.3 Å². The van der Waals surface area contributed by atoms with E-state index in [1.807, 2.05) is 12.1 Å². The minimum Gasteiger partial charge on any atom is -0.390 e. The Balaban J connectivity index is 1.53. The summed E-state index contributed by atoms with van der Waals surface area (Å²) in [6.45, 7) is 6.07. The van der Waals surface area contributed by atoms with Crippen LogP contribution in [-0.2, 0) is 18.4 Å². The molecule has 7 heteroatoms. The minimum absolute atomic E-state index is 0.0730. The third-order valence-electron chi connectivity index (χ3n) is 6.93. The molecule has 2 atom stereocenters. The van der Waals surface area contributed by atoms with E-state index in [1.54, 1.807) is 18.2 Å². The lowest BCUT2D eigenvalue weighted by atomic mass is 9.98. The zero-order chi connectivity index (χ0) is 27.1. The Kier molecular flexibility index (Phi) is 9.36. The van der Waals surface area contributed by atoms with Crippen molar-refractivity contribution in [1.29, 1.82) is 0 Å². The molecule has 1 saturated carbocycles. The summed E-state index contributed by atoms with van der Waals surface area (Å²) in [5, 5.41) is 17.7. The highest BCUT2D eigenvalue weighted by atomic mass is 32.2. The zero-order valence-electron chi connectivity index (χ0n) is 21.6. The van der Waals surface area contributed by atoms with Gasteiger partial charge in [0, 0.05) is 28.8 Å². The molecule has 0 saturated heterocycles. The fraction of sp³-hybridized carbons (Fsp3) is 0.323. The normalized spacial score (nSPS) is 15.5. The van der Waals surface area contributed by atoms with Gasteiger partial charge in [0.1, 0.15) is 11.6 Å². The molecule has 0 spiro atoms. The van der Waals surface area contributed by atoms with E-state index in [1.165, 1.54) is 35.0 Å². The molecule has 4 rings (SSSR count). The number of aliphatic hydroxyl groups excluding tert-OH is 1. The van der Waals surface area contributed by atoms with Crippen LogP contribution in [0.5, 0.6) is 0 Å². The summed E-state index contributed by atoms with van der Waals surface area (Å²) in [6, 6.07) is 18.2. The monoisotopic (exact) mass is 536 g/mol. The van der Waals surface area contributed by atoms with Crippen molar-refractivity contribution in [1.82, 2.24) is 10.6 Å². The Morgan fingerprint density at radius 3 is 2.50 bits per heavy atom. The maximum absolute atomic E-state index is 13.9. The lowest BCUT2D eigenvalue weighted by Gasteiger charge is -2.28. The molecule has 0 radical (unpaired) electrons. The van der Waals surface area contributed by atoms with E-state index in [-0.39, 0.29) is 24.4 Å². The van der Waals surface area contributed by atoms with Crippen molar-refractivity contribution in [2.24, 2.45) is 0 Å². The largest absolute Gasteiger partial charge is 0.390 e. The average molecular weight is 537 g/mol. The molecule has 3 N–H and O–H groups in total. The molecular weight excluding hydrogens is 502 g/mol. The first-order valence-corrected chi connectivity index (χ1v) is 13.9. The number of nitrogens with one attached hydrogen (secondary N) is 2. The Labute approximate surface area is 227 Å². The van der Waals surface area contributed by atoms with Crippen LogP contribution in [0.1, 0.15) is 46.8 Å². The van der Waals surface area contributed by atoms with Gasteiger partial charge in [-0.3, -0.25) is 4.79 Å². The van der Waals surface area contributed by atoms with Crippen molar-refractivity contribution in [3.8, 4) is 0 Å². The van der Waals surface area contributed by atoms with Crippen molar-refractivity contribution in [3.63, 3.8) is 0 Å². The van der Waals surface area contributed by atoms with Gasteiger partial charge in [-0.2, -0.15) is 0 Å². The van der Waals surface area contributed by atoms with E-state index >= 15 is 0 Å². The molecule has 0 aromatic heterocycles. The molecule has 1 amide bonds. The third kappa shape index (κ3) is 7.10. The van der Waals surface area contributed by atoms with Crippen LogP contribution in [-0.4, -0.2) is 35.5 Å². The second-order valence-corrected chi connectivity index (χ2v) is 10.8. The van der Waals surface area contributed by atoms with Gasteiger partial charge in [-0.15, -0.1) is 18.3 Å². The number of hydrogen-bond donors (Lipinski definition) is 3. The van der Waals surface area contributed by atoms with Gasteiger partial charge in [-0.25, -0.2) is 8.78 Å². The van der Waals surface area contributed by atoms with Gasteiger partial charge in [0.25, 0.3) is 5.91 Å². The van der Waals surface area contributed by atoms with Crippen LogP contribution in [0.4, 0.5) is 8.78 Å². The molecule has 1 aliphatic rings. The van der Waals surface area contributed by atoms with Gasteiger partial charge in [-0.1, -0.05) is 49.4 Å². The first kappa shape index (κ1) is 28.0. The summed E-state index contributed by atoms with van der Waals surface area (Å²) in [5.41, 5.74) is 3.06. The third-order valence-corrected chi connectivity index (χ3v) is 8.00. The number of aliphatic hydroxyl groups is 1. The summed E-state index contributed by atoms with van der Waals surface area (Å²) < 4.78 is 27.9. The van der Waals surface area contributed by atoms with E-state index in [4.69, 9.17) is 0 Å². The highest BCUT2D eigenvalue weighted by Gasteiger charge is 2.44. The van der Waals surface area contributed by atoms with Crippen molar-refractivity contribution in [3.05, 3.63) is 113 Å². The van der Waals surface area contributed by atoms with Crippen LogP contribution in [0, 0.1) is 11.6 Å². The highest BCUT2D eigenvalue weighted by molar-refractivity contribution is 7.99. The number of aryl methyl sites for hydroxylation is 1. The molecule has 0 unspecified atom stereocenters.